The van der Waals surface area contributed by atoms with E-state index in [9.17, 15) is 0 Å². The standard InChI is InChI=1S/C8H11NO3/c10-5-7(11)6-12-8-2-1-3-9-4-8/h1-4,7,10-11H,5-6H2/t7-/m0/s1. The lowest BCUT2D eigenvalue weighted by Crippen LogP contribution is -2.21. The highest BCUT2D eigenvalue weighted by Crippen LogP contribution is 2.05. The molecule has 0 aliphatic heterocycles. The molecular weight excluding hydrogens is 158 g/mol. The van der Waals surface area contributed by atoms with Gasteiger partial charge in [-0.2, -0.15) is 0 Å². The zero-order valence-corrected chi connectivity index (χ0v) is 6.55. The molecule has 1 atom stereocenters. The second-order valence-electron chi connectivity index (χ2n) is 2.34. The maximum absolute atomic E-state index is 8.92. The van der Waals surface area contributed by atoms with Gasteiger partial charge < -0.3 is 14.9 Å². The third kappa shape index (κ3) is 2.86. The fourth-order valence-corrected chi connectivity index (χ4v) is 0.678. The number of ether oxygens (including phenoxy) is 1. The molecule has 0 saturated heterocycles. The van der Waals surface area contributed by atoms with Crippen LogP contribution in [0.1, 0.15) is 0 Å². The van der Waals surface area contributed by atoms with Gasteiger partial charge >= 0.3 is 0 Å². The molecule has 1 aromatic heterocycles. The molecule has 2 N–H and O–H groups in total. The van der Waals surface area contributed by atoms with Crippen LogP contribution in [0.25, 0.3) is 0 Å². The predicted octanol–water partition coefficient (Wildman–Crippen LogP) is -0.186. The van der Waals surface area contributed by atoms with Gasteiger partial charge in [-0.25, -0.2) is 0 Å². The highest BCUT2D eigenvalue weighted by Gasteiger charge is 2.01. The summed E-state index contributed by atoms with van der Waals surface area (Å²) in [5.41, 5.74) is 0. The van der Waals surface area contributed by atoms with E-state index in [0.717, 1.165) is 0 Å². The molecule has 1 rings (SSSR count). The van der Waals surface area contributed by atoms with Crippen molar-refractivity contribution in [2.45, 2.75) is 6.10 Å². The molecule has 1 aromatic rings. The summed E-state index contributed by atoms with van der Waals surface area (Å²) in [6.07, 6.45) is 2.35. The van der Waals surface area contributed by atoms with Crippen molar-refractivity contribution in [3.05, 3.63) is 24.5 Å². The average molecular weight is 169 g/mol. The van der Waals surface area contributed by atoms with E-state index in [-0.39, 0.29) is 13.2 Å². The normalized spacial score (nSPS) is 12.5. The van der Waals surface area contributed by atoms with Crippen molar-refractivity contribution < 1.29 is 14.9 Å². The maximum Gasteiger partial charge on any atom is 0.137 e. The van der Waals surface area contributed by atoms with Crippen LogP contribution in [0.2, 0.25) is 0 Å². The van der Waals surface area contributed by atoms with E-state index in [2.05, 4.69) is 4.98 Å². The van der Waals surface area contributed by atoms with Gasteiger partial charge in [0.15, 0.2) is 0 Å². The molecule has 0 fully saturated rings. The second-order valence-corrected chi connectivity index (χ2v) is 2.34. The maximum atomic E-state index is 8.92. The van der Waals surface area contributed by atoms with E-state index in [1.807, 2.05) is 0 Å². The largest absolute Gasteiger partial charge is 0.489 e. The Labute approximate surface area is 70.4 Å². The molecule has 1 heterocycles. The van der Waals surface area contributed by atoms with Gasteiger partial charge in [-0.05, 0) is 12.1 Å². The predicted molar refractivity (Wildman–Crippen MR) is 42.8 cm³/mol. The lowest BCUT2D eigenvalue weighted by Gasteiger charge is -2.08. The minimum absolute atomic E-state index is 0.0855. The van der Waals surface area contributed by atoms with Gasteiger partial charge in [0, 0.05) is 6.20 Å². The molecule has 0 aliphatic rings. The van der Waals surface area contributed by atoms with Crippen LogP contribution >= 0.6 is 0 Å². The molecule has 0 amide bonds. The summed E-state index contributed by atoms with van der Waals surface area (Å²) in [5, 5.41) is 17.4. The second kappa shape index (κ2) is 4.69. The van der Waals surface area contributed by atoms with Gasteiger partial charge in [0.2, 0.25) is 0 Å². The first-order valence-corrected chi connectivity index (χ1v) is 3.64. The van der Waals surface area contributed by atoms with Crippen LogP contribution in [0.3, 0.4) is 0 Å². The smallest absolute Gasteiger partial charge is 0.137 e. The molecule has 0 unspecified atom stereocenters. The van der Waals surface area contributed by atoms with Crippen molar-refractivity contribution in [2.75, 3.05) is 13.2 Å². The van der Waals surface area contributed by atoms with Crippen molar-refractivity contribution in [1.29, 1.82) is 0 Å². The van der Waals surface area contributed by atoms with E-state index in [1.165, 1.54) is 0 Å². The Morgan fingerprint density at radius 1 is 1.58 bits per heavy atom. The first-order valence-electron chi connectivity index (χ1n) is 3.64. The van der Waals surface area contributed by atoms with Gasteiger partial charge in [0.05, 0.1) is 12.8 Å². The zero-order chi connectivity index (χ0) is 8.81. The van der Waals surface area contributed by atoms with E-state index in [1.54, 1.807) is 24.5 Å². The zero-order valence-electron chi connectivity index (χ0n) is 6.55. The first kappa shape index (κ1) is 8.96. The SMILES string of the molecule is OC[C@H](O)COc1cccnc1. The topological polar surface area (TPSA) is 62.6 Å². The van der Waals surface area contributed by atoms with Crippen LogP contribution in [0.15, 0.2) is 24.5 Å². The Hall–Kier alpha value is -1.13. The monoisotopic (exact) mass is 169 g/mol. The molecule has 12 heavy (non-hydrogen) atoms. The molecule has 0 spiro atoms. The van der Waals surface area contributed by atoms with Crippen LogP contribution in [-0.4, -0.2) is 34.5 Å². The minimum atomic E-state index is -0.829. The lowest BCUT2D eigenvalue weighted by molar-refractivity contribution is 0.0535. The number of aliphatic hydroxyl groups excluding tert-OH is 2. The third-order valence-corrected chi connectivity index (χ3v) is 1.29. The highest BCUT2D eigenvalue weighted by atomic mass is 16.5. The first-order chi connectivity index (χ1) is 5.83. The van der Waals surface area contributed by atoms with Gasteiger partial charge in [-0.1, -0.05) is 0 Å². The fraction of sp³-hybridized carbons (Fsp3) is 0.375. The number of aromatic nitrogens is 1. The Balaban J connectivity index is 2.33. The van der Waals surface area contributed by atoms with Crippen molar-refractivity contribution in [3.8, 4) is 5.75 Å². The van der Waals surface area contributed by atoms with E-state index in [0.29, 0.717) is 5.75 Å². The molecule has 0 bridgehead atoms. The summed E-state index contributed by atoms with van der Waals surface area (Å²) in [5.74, 6) is 0.588. The Bertz CT molecular complexity index is 215. The molecule has 66 valence electrons. The summed E-state index contributed by atoms with van der Waals surface area (Å²) in [4.78, 5) is 3.82. The van der Waals surface area contributed by atoms with Crippen LogP contribution < -0.4 is 4.74 Å². The van der Waals surface area contributed by atoms with Crippen LogP contribution in [-0.2, 0) is 0 Å². The minimum Gasteiger partial charge on any atom is -0.489 e. The van der Waals surface area contributed by atoms with Gasteiger partial charge in [-0.3, -0.25) is 4.98 Å². The fourth-order valence-electron chi connectivity index (χ4n) is 0.678. The third-order valence-electron chi connectivity index (χ3n) is 1.29. The Kier molecular flexibility index (Phi) is 3.50. The van der Waals surface area contributed by atoms with E-state index in [4.69, 9.17) is 14.9 Å². The van der Waals surface area contributed by atoms with Crippen molar-refractivity contribution in [1.82, 2.24) is 4.98 Å². The lowest BCUT2D eigenvalue weighted by atomic mass is 10.4. The van der Waals surface area contributed by atoms with Crippen LogP contribution in [0.4, 0.5) is 0 Å². The number of rotatable bonds is 4. The number of aliphatic hydroxyl groups is 2. The molecular formula is C8H11NO3. The molecule has 0 radical (unpaired) electrons. The summed E-state index contributed by atoms with van der Waals surface area (Å²) in [6.45, 7) is -0.206. The quantitative estimate of drug-likeness (QED) is 0.656. The Morgan fingerprint density at radius 3 is 3.00 bits per heavy atom. The molecule has 0 saturated carbocycles. The van der Waals surface area contributed by atoms with Gasteiger partial charge in [-0.15, -0.1) is 0 Å². The number of nitrogens with zero attached hydrogens (tertiary/aromatic N) is 1. The average Bonchev–Trinajstić information content (AvgIpc) is 2.16. The number of pyridine rings is 1. The van der Waals surface area contributed by atoms with E-state index >= 15 is 0 Å². The molecule has 4 nitrogen and oxygen atoms in total. The van der Waals surface area contributed by atoms with Crippen molar-refractivity contribution in [2.24, 2.45) is 0 Å². The van der Waals surface area contributed by atoms with Gasteiger partial charge in [0.1, 0.15) is 18.5 Å². The summed E-state index contributed by atoms with van der Waals surface area (Å²) in [7, 11) is 0. The molecule has 0 aliphatic carbocycles. The molecule has 0 aromatic carbocycles. The van der Waals surface area contributed by atoms with Crippen LogP contribution in [0, 0.1) is 0 Å². The molecule has 4 heteroatoms. The number of hydrogen-bond acceptors (Lipinski definition) is 4. The highest BCUT2D eigenvalue weighted by molar-refractivity contribution is 5.15. The van der Waals surface area contributed by atoms with Crippen LogP contribution in [0.5, 0.6) is 5.75 Å². The summed E-state index contributed by atoms with van der Waals surface area (Å²) < 4.78 is 5.09. The van der Waals surface area contributed by atoms with Crippen molar-refractivity contribution in [3.63, 3.8) is 0 Å². The number of hydrogen-bond donors (Lipinski definition) is 2. The van der Waals surface area contributed by atoms with Gasteiger partial charge in [0.25, 0.3) is 0 Å². The Morgan fingerprint density at radius 2 is 2.42 bits per heavy atom. The van der Waals surface area contributed by atoms with E-state index < -0.39 is 6.10 Å². The summed E-state index contributed by atoms with van der Waals surface area (Å²) in [6, 6.07) is 3.47. The summed E-state index contributed by atoms with van der Waals surface area (Å²) >= 11 is 0. The van der Waals surface area contributed by atoms with Crippen molar-refractivity contribution >= 4 is 0 Å².